The molecule has 0 saturated carbocycles. The summed E-state index contributed by atoms with van der Waals surface area (Å²) >= 11 is 0. The monoisotopic (exact) mass is 412 g/mol. The Hall–Kier alpha value is -2.18. The number of hydrogen-bond acceptors (Lipinski definition) is 4. The Labute approximate surface area is 146 Å². The third-order valence-electron chi connectivity index (χ3n) is 3.08. The fraction of sp³-hybridized carbons (Fsp3) is 0.143. The number of benzene rings is 2. The van der Waals surface area contributed by atoms with Crippen molar-refractivity contribution in [1.82, 2.24) is 0 Å². The maximum atomic E-state index is 13.1. The van der Waals surface area contributed by atoms with Crippen molar-refractivity contribution in [3.63, 3.8) is 0 Å². The fourth-order valence-electron chi connectivity index (χ4n) is 2.13. The molecule has 2 aromatic carbocycles. The number of primary sulfonamides is 1. The molecule has 12 heteroatoms. The van der Waals surface area contributed by atoms with E-state index in [1.807, 2.05) is 4.72 Å². The van der Waals surface area contributed by atoms with Gasteiger partial charge in [0.05, 0.1) is 16.2 Å². The molecule has 0 fully saturated rings. The number of nitrogens with two attached hydrogens (primary N) is 1. The molecule has 0 aliphatic carbocycles. The summed E-state index contributed by atoms with van der Waals surface area (Å²) < 4.78 is 101. The molecule has 2 rings (SSSR count). The van der Waals surface area contributed by atoms with Crippen molar-refractivity contribution in [1.29, 1.82) is 0 Å². The van der Waals surface area contributed by atoms with Crippen LogP contribution < -0.4 is 9.86 Å². The van der Waals surface area contributed by atoms with Gasteiger partial charge in [0.1, 0.15) is 5.82 Å². The Morgan fingerprint density at radius 3 is 2.23 bits per heavy atom. The largest absolute Gasteiger partial charge is 0.417 e. The Morgan fingerprint density at radius 1 is 1.00 bits per heavy atom. The van der Waals surface area contributed by atoms with Crippen molar-refractivity contribution in [2.45, 2.75) is 16.8 Å². The molecule has 142 valence electrons. The zero-order valence-electron chi connectivity index (χ0n) is 12.8. The second-order valence-electron chi connectivity index (χ2n) is 5.25. The smallest absolute Gasteiger partial charge is 0.280 e. The van der Waals surface area contributed by atoms with Crippen molar-refractivity contribution in [3.05, 3.63) is 59.4 Å². The molecular formula is C14H12F4N2O4S2. The zero-order chi connectivity index (χ0) is 19.8. The van der Waals surface area contributed by atoms with E-state index in [4.69, 9.17) is 5.14 Å². The van der Waals surface area contributed by atoms with Gasteiger partial charge in [-0.15, -0.1) is 0 Å². The lowest BCUT2D eigenvalue weighted by Gasteiger charge is -2.15. The molecular weight excluding hydrogens is 400 g/mol. The Kier molecular flexibility index (Phi) is 5.31. The summed E-state index contributed by atoms with van der Waals surface area (Å²) in [5, 5.41) is 4.89. The van der Waals surface area contributed by atoms with E-state index in [9.17, 15) is 34.4 Å². The van der Waals surface area contributed by atoms with E-state index in [0.717, 1.165) is 6.07 Å². The van der Waals surface area contributed by atoms with E-state index in [1.54, 1.807) is 0 Å². The summed E-state index contributed by atoms with van der Waals surface area (Å²) in [6.07, 6.45) is -5.10. The third kappa shape index (κ3) is 5.16. The normalized spacial score (nSPS) is 12.8. The zero-order valence-corrected chi connectivity index (χ0v) is 14.4. The highest BCUT2D eigenvalue weighted by Crippen LogP contribution is 2.35. The molecule has 6 nitrogen and oxygen atoms in total. The first-order valence-corrected chi connectivity index (χ1v) is 9.97. The molecule has 0 spiro atoms. The topological polar surface area (TPSA) is 106 Å². The SMILES string of the molecule is NS(=O)(=O)Cc1cccc(NS(=O)(=O)c2ccc(F)cc2C(F)(F)F)c1. The summed E-state index contributed by atoms with van der Waals surface area (Å²) in [4.78, 5) is -1.16. The van der Waals surface area contributed by atoms with Gasteiger partial charge >= 0.3 is 6.18 Å². The molecule has 0 atom stereocenters. The summed E-state index contributed by atoms with van der Waals surface area (Å²) in [6, 6.07) is 6.12. The van der Waals surface area contributed by atoms with Gasteiger partial charge in [-0.1, -0.05) is 12.1 Å². The Bertz CT molecular complexity index is 1040. The van der Waals surface area contributed by atoms with Gasteiger partial charge in [0.15, 0.2) is 0 Å². The van der Waals surface area contributed by atoms with Crippen molar-refractivity contribution in [3.8, 4) is 0 Å². The first kappa shape index (κ1) is 20.1. The molecule has 2 aromatic rings. The van der Waals surface area contributed by atoms with Crippen LogP contribution >= 0.6 is 0 Å². The molecule has 26 heavy (non-hydrogen) atoms. The van der Waals surface area contributed by atoms with Gasteiger partial charge in [0.2, 0.25) is 10.0 Å². The molecule has 0 bridgehead atoms. The van der Waals surface area contributed by atoms with E-state index in [1.165, 1.54) is 18.2 Å². The van der Waals surface area contributed by atoms with Gasteiger partial charge in [0.25, 0.3) is 10.0 Å². The van der Waals surface area contributed by atoms with Gasteiger partial charge in [-0.3, -0.25) is 4.72 Å². The van der Waals surface area contributed by atoms with E-state index in [-0.39, 0.29) is 17.3 Å². The standard InChI is InChI=1S/C14H12F4N2O4S2/c15-10-4-5-13(12(7-10)14(16,17)18)26(23,24)20-11-3-1-2-9(6-11)8-25(19,21)22/h1-7,20H,8H2,(H2,19,21,22). The highest BCUT2D eigenvalue weighted by Gasteiger charge is 2.37. The fourth-order valence-corrected chi connectivity index (χ4v) is 4.03. The van der Waals surface area contributed by atoms with Gasteiger partial charge in [-0.2, -0.15) is 13.2 Å². The second-order valence-corrected chi connectivity index (χ2v) is 8.52. The summed E-state index contributed by atoms with van der Waals surface area (Å²) in [5.41, 5.74) is -1.71. The molecule has 0 aliphatic rings. The number of halogens is 4. The third-order valence-corrected chi connectivity index (χ3v) is 5.26. The molecule has 0 heterocycles. The minimum absolute atomic E-state index is 0.0754. The van der Waals surface area contributed by atoms with Crippen molar-refractivity contribution in [2.24, 2.45) is 5.14 Å². The molecule has 0 unspecified atom stereocenters. The summed E-state index contributed by atoms with van der Waals surface area (Å²) in [5.74, 6) is -1.83. The van der Waals surface area contributed by atoms with Gasteiger partial charge in [-0.25, -0.2) is 26.4 Å². The van der Waals surface area contributed by atoms with Crippen LogP contribution in [0.25, 0.3) is 0 Å². The minimum atomic E-state index is -5.10. The van der Waals surface area contributed by atoms with Crippen LogP contribution in [-0.4, -0.2) is 16.8 Å². The predicted molar refractivity (Wildman–Crippen MR) is 85.5 cm³/mol. The minimum Gasteiger partial charge on any atom is -0.280 e. The van der Waals surface area contributed by atoms with Crippen LogP contribution in [0.4, 0.5) is 23.2 Å². The molecule has 0 aliphatic heterocycles. The van der Waals surface area contributed by atoms with Crippen LogP contribution in [-0.2, 0) is 32.0 Å². The second kappa shape index (κ2) is 6.85. The molecule has 0 aromatic heterocycles. The molecule has 3 N–H and O–H groups in total. The maximum absolute atomic E-state index is 13.1. The number of hydrogen-bond donors (Lipinski definition) is 2. The van der Waals surface area contributed by atoms with Crippen molar-refractivity contribution >= 4 is 25.7 Å². The molecule has 0 radical (unpaired) electrons. The van der Waals surface area contributed by atoms with Gasteiger partial charge < -0.3 is 0 Å². The van der Waals surface area contributed by atoms with Crippen LogP contribution in [0.5, 0.6) is 0 Å². The quantitative estimate of drug-likeness (QED) is 0.736. The van der Waals surface area contributed by atoms with Crippen LogP contribution in [0, 0.1) is 5.82 Å². The lowest BCUT2D eigenvalue weighted by molar-refractivity contribution is -0.140. The van der Waals surface area contributed by atoms with Crippen LogP contribution in [0.1, 0.15) is 11.1 Å². The van der Waals surface area contributed by atoms with E-state index >= 15 is 0 Å². The van der Waals surface area contributed by atoms with Gasteiger partial charge in [0, 0.05) is 5.69 Å². The first-order chi connectivity index (χ1) is 11.8. The highest BCUT2D eigenvalue weighted by molar-refractivity contribution is 7.92. The van der Waals surface area contributed by atoms with E-state index in [0.29, 0.717) is 12.1 Å². The molecule has 0 amide bonds. The number of rotatable bonds is 5. The number of nitrogens with one attached hydrogen (secondary N) is 1. The van der Waals surface area contributed by atoms with E-state index in [2.05, 4.69) is 0 Å². The summed E-state index contributed by atoms with van der Waals surface area (Å²) in [7, 11) is -8.61. The average Bonchev–Trinajstić information content (AvgIpc) is 2.44. The Balaban J connectivity index is 2.43. The number of anilines is 1. The predicted octanol–water partition coefficient (Wildman–Crippen LogP) is 2.43. The van der Waals surface area contributed by atoms with Crippen LogP contribution in [0.3, 0.4) is 0 Å². The number of alkyl halides is 3. The van der Waals surface area contributed by atoms with Crippen molar-refractivity contribution in [2.75, 3.05) is 4.72 Å². The van der Waals surface area contributed by atoms with Gasteiger partial charge in [-0.05, 0) is 35.9 Å². The van der Waals surface area contributed by atoms with E-state index < -0.39 is 48.3 Å². The van der Waals surface area contributed by atoms with Crippen LogP contribution in [0.2, 0.25) is 0 Å². The summed E-state index contributed by atoms with van der Waals surface area (Å²) in [6.45, 7) is 0. The Morgan fingerprint density at radius 2 is 1.65 bits per heavy atom. The maximum Gasteiger partial charge on any atom is 0.417 e. The first-order valence-electron chi connectivity index (χ1n) is 6.77. The molecule has 0 saturated heterocycles. The lowest BCUT2D eigenvalue weighted by Crippen LogP contribution is -2.19. The number of sulfonamides is 2. The highest BCUT2D eigenvalue weighted by atomic mass is 32.2. The van der Waals surface area contributed by atoms with Crippen LogP contribution in [0.15, 0.2) is 47.4 Å². The average molecular weight is 412 g/mol. The van der Waals surface area contributed by atoms with Crippen molar-refractivity contribution < 1.29 is 34.4 Å². The lowest BCUT2D eigenvalue weighted by atomic mass is 10.2.